The van der Waals surface area contributed by atoms with E-state index in [0.29, 0.717) is 5.02 Å². The number of nitrogens with one attached hydrogen (secondary N) is 3. The van der Waals surface area contributed by atoms with Gasteiger partial charge in [-0.25, -0.2) is 0 Å². The average molecular weight is 517 g/mol. The zero-order valence-corrected chi connectivity index (χ0v) is 18.7. The zero-order valence-electron chi connectivity index (χ0n) is 14.1. The number of hydrogen-bond donors (Lipinski definition) is 3. The first-order valence-electron chi connectivity index (χ1n) is 7.62. The molecule has 2 aromatic carbocycles. The molecule has 7 nitrogen and oxygen atoms in total. The van der Waals surface area contributed by atoms with Crippen LogP contribution in [0.15, 0.2) is 42.5 Å². The molecule has 0 unspecified atom stereocenters. The van der Waals surface area contributed by atoms with Crippen LogP contribution in [0, 0.1) is 10.1 Å². The summed E-state index contributed by atoms with van der Waals surface area (Å²) >= 11 is 34.7. The van der Waals surface area contributed by atoms with Gasteiger partial charge in [0.1, 0.15) is 11.9 Å². The van der Waals surface area contributed by atoms with E-state index < -0.39 is 20.8 Å². The summed E-state index contributed by atoms with van der Waals surface area (Å²) in [6.45, 7) is 0. The molecule has 0 spiro atoms. The van der Waals surface area contributed by atoms with E-state index >= 15 is 0 Å². The highest BCUT2D eigenvalue weighted by atomic mass is 35.6. The van der Waals surface area contributed by atoms with Crippen molar-refractivity contribution in [2.75, 3.05) is 5.32 Å². The first-order valence-corrected chi connectivity index (χ1v) is 9.92. The number of carbonyl (C=O) groups excluding carboxylic acids is 1. The summed E-state index contributed by atoms with van der Waals surface area (Å²) in [5.41, 5.74) is -0.00102. The minimum absolute atomic E-state index is 0.0923. The average Bonchev–Trinajstić information content (AvgIpc) is 2.60. The highest BCUT2D eigenvalue weighted by Crippen LogP contribution is 2.30. The van der Waals surface area contributed by atoms with Gasteiger partial charge in [0.15, 0.2) is 5.11 Å². The Morgan fingerprint density at radius 1 is 1.10 bits per heavy atom. The molecule has 0 saturated heterocycles. The van der Waals surface area contributed by atoms with Gasteiger partial charge in [-0.15, -0.1) is 0 Å². The van der Waals surface area contributed by atoms with E-state index in [9.17, 15) is 14.9 Å². The van der Waals surface area contributed by atoms with Crippen molar-refractivity contribution < 1.29 is 9.72 Å². The molecule has 1 atom stereocenters. The molecule has 0 heterocycles. The molecule has 0 bridgehead atoms. The van der Waals surface area contributed by atoms with Crippen LogP contribution in [0.5, 0.6) is 0 Å². The van der Waals surface area contributed by atoms with Crippen LogP contribution < -0.4 is 16.0 Å². The SMILES string of the molecule is O=C(N[C@@H](NC(=S)Nc1ccccc1[N+](=O)[O-])C(Cl)(Cl)Cl)c1ccc(Cl)cc1Cl. The summed E-state index contributed by atoms with van der Waals surface area (Å²) in [5.74, 6) is -0.663. The third kappa shape index (κ3) is 6.74. The zero-order chi connectivity index (χ0) is 21.8. The molecule has 3 N–H and O–H groups in total. The van der Waals surface area contributed by atoms with Crippen LogP contribution in [-0.2, 0) is 0 Å². The van der Waals surface area contributed by atoms with Gasteiger partial charge in [0.05, 0.1) is 15.5 Å². The van der Waals surface area contributed by atoms with E-state index in [1.165, 1.54) is 36.4 Å². The molecule has 0 aromatic heterocycles. The number of benzene rings is 2. The Morgan fingerprint density at radius 3 is 2.34 bits per heavy atom. The second-order valence-electron chi connectivity index (χ2n) is 5.44. The largest absolute Gasteiger partial charge is 0.339 e. The van der Waals surface area contributed by atoms with Gasteiger partial charge >= 0.3 is 0 Å². The van der Waals surface area contributed by atoms with Crippen molar-refractivity contribution in [2.24, 2.45) is 0 Å². The molecule has 13 heteroatoms. The number of amides is 1. The maximum atomic E-state index is 12.5. The van der Waals surface area contributed by atoms with E-state index in [1.54, 1.807) is 6.07 Å². The molecular formula is C16H11Cl5N4O3S. The number of nitrogens with zero attached hydrogens (tertiary/aromatic N) is 1. The molecule has 1 amide bonds. The Labute approximate surface area is 195 Å². The fraction of sp³-hybridized carbons (Fsp3) is 0.125. The Morgan fingerprint density at radius 2 is 1.76 bits per heavy atom. The maximum Gasteiger partial charge on any atom is 0.292 e. The third-order valence-electron chi connectivity index (χ3n) is 3.40. The van der Waals surface area contributed by atoms with Crippen molar-refractivity contribution in [2.45, 2.75) is 9.96 Å². The van der Waals surface area contributed by atoms with Crippen LogP contribution in [-0.4, -0.2) is 25.9 Å². The highest BCUT2D eigenvalue weighted by molar-refractivity contribution is 7.80. The second kappa shape index (κ2) is 9.97. The van der Waals surface area contributed by atoms with Crippen molar-refractivity contribution in [3.63, 3.8) is 0 Å². The highest BCUT2D eigenvalue weighted by Gasteiger charge is 2.35. The van der Waals surface area contributed by atoms with Gasteiger partial charge in [-0.2, -0.15) is 0 Å². The molecule has 0 radical (unpaired) electrons. The lowest BCUT2D eigenvalue weighted by Gasteiger charge is -2.28. The van der Waals surface area contributed by atoms with E-state index in [-0.39, 0.29) is 27.1 Å². The normalized spacial score (nSPS) is 12.0. The monoisotopic (exact) mass is 514 g/mol. The predicted octanol–water partition coefficient (Wildman–Crippen LogP) is 5.31. The lowest BCUT2D eigenvalue weighted by Crippen LogP contribution is -2.56. The van der Waals surface area contributed by atoms with Gasteiger partial charge in [0, 0.05) is 11.1 Å². The Hall–Kier alpha value is -1.55. The molecule has 0 aliphatic rings. The summed E-state index contributed by atoms with van der Waals surface area (Å²) in [7, 11) is 0. The number of para-hydroxylation sites is 2. The maximum absolute atomic E-state index is 12.5. The summed E-state index contributed by atoms with van der Waals surface area (Å²) in [4.78, 5) is 23.0. The quantitative estimate of drug-likeness (QED) is 0.164. The first-order chi connectivity index (χ1) is 13.5. The van der Waals surface area contributed by atoms with Crippen molar-refractivity contribution in [1.29, 1.82) is 0 Å². The molecule has 0 fully saturated rings. The minimum Gasteiger partial charge on any atom is -0.339 e. The fourth-order valence-electron chi connectivity index (χ4n) is 2.11. The van der Waals surface area contributed by atoms with E-state index in [0.717, 1.165) is 0 Å². The standard InChI is InChI=1S/C16H11Cl5N4O3S/c17-8-5-6-9(10(18)7-8)13(26)23-14(16(19,20)21)24-15(29)22-11-3-1-2-4-12(11)25(27)28/h1-7,14H,(H,23,26)(H2,22,24,29)/t14-/m0/s1. The fourth-order valence-corrected chi connectivity index (χ4v) is 3.16. The van der Waals surface area contributed by atoms with Crippen molar-refractivity contribution in [1.82, 2.24) is 10.6 Å². The molecule has 154 valence electrons. The smallest absolute Gasteiger partial charge is 0.292 e. The molecule has 0 aliphatic heterocycles. The molecule has 0 aliphatic carbocycles. The Bertz CT molecular complexity index is 954. The van der Waals surface area contributed by atoms with Gasteiger partial charge in [-0.1, -0.05) is 70.1 Å². The number of rotatable bonds is 5. The number of halogens is 5. The molecule has 29 heavy (non-hydrogen) atoms. The van der Waals surface area contributed by atoms with E-state index in [4.69, 9.17) is 70.2 Å². The van der Waals surface area contributed by atoms with Crippen LogP contribution in [0.2, 0.25) is 10.0 Å². The molecule has 0 saturated carbocycles. The Balaban J connectivity index is 2.16. The second-order valence-corrected chi connectivity index (χ2v) is 9.07. The minimum atomic E-state index is -2.02. The van der Waals surface area contributed by atoms with Crippen molar-refractivity contribution in [3.8, 4) is 0 Å². The van der Waals surface area contributed by atoms with Gasteiger partial charge in [0.2, 0.25) is 3.79 Å². The number of nitro benzene ring substituents is 1. The summed E-state index contributed by atoms with van der Waals surface area (Å²) < 4.78 is -2.02. The number of alkyl halides is 3. The van der Waals surface area contributed by atoms with Crippen LogP contribution in [0.3, 0.4) is 0 Å². The van der Waals surface area contributed by atoms with Crippen LogP contribution in [0.1, 0.15) is 10.4 Å². The van der Waals surface area contributed by atoms with E-state index in [1.807, 2.05) is 0 Å². The number of carbonyl (C=O) groups is 1. The first kappa shape index (κ1) is 23.7. The van der Waals surface area contributed by atoms with Gasteiger partial charge in [-0.05, 0) is 36.5 Å². The lowest BCUT2D eigenvalue weighted by molar-refractivity contribution is -0.383. The predicted molar refractivity (Wildman–Crippen MR) is 120 cm³/mol. The molecule has 2 rings (SSSR count). The Kier molecular flexibility index (Phi) is 8.16. The van der Waals surface area contributed by atoms with Crippen molar-refractivity contribution in [3.05, 3.63) is 68.2 Å². The number of anilines is 1. The summed E-state index contributed by atoms with van der Waals surface area (Å²) in [6.07, 6.45) is -1.30. The van der Waals surface area contributed by atoms with Crippen LogP contribution >= 0.6 is 70.2 Å². The lowest BCUT2D eigenvalue weighted by atomic mass is 10.2. The number of nitro groups is 1. The van der Waals surface area contributed by atoms with Crippen molar-refractivity contribution >= 4 is 92.6 Å². The molecular weight excluding hydrogens is 506 g/mol. The number of hydrogen-bond acceptors (Lipinski definition) is 4. The summed E-state index contributed by atoms with van der Waals surface area (Å²) in [6, 6.07) is 10.1. The van der Waals surface area contributed by atoms with Gasteiger partial charge in [-0.3, -0.25) is 14.9 Å². The van der Waals surface area contributed by atoms with Crippen LogP contribution in [0.25, 0.3) is 0 Å². The van der Waals surface area contributed by atoms with Gasteiger partial charge in [0.25, 0.3) is 11.6 Å². The van der Waals surface area contributed by atoms with E-state index in [2.05, 4.69) is 16.0 Å². The number of thiocarbonyl (C=S) groups is 1. The summed E-state index contributed by atoms with van der Waals surface area (Å²) in [5, 5.41) is 19.1. The topological polar surface area (TPSA) is 96.3 Å². The van der Waals surface area contributed by atoms with Gasteiger partial charge < -0.3 is 16.0 Å². The molecule has 2 aromatic rings. The van der Waals surface area contributed by atoms with Crippen LogP contribution in [0.4, 0.5) is 11.4 Å². The third-order valence-corrected chi connectivity index (χ3v) is 4.83.